The number of carbonyl (C=O) groups excluding carboxylic acids is 1. The number of nitrogens with one attached hydrogen (secondary N) is 2. The molecule has 4 nitrogen and oxygen atoms in total. The fourth-order valence-electron chi connectivity index (χ4n) is 1.83. The van der Waals surface area contributed by atoms with E-state index in [1.165, 1.54) is 6.92 Å². The lowest BCUT2D eigenvalue weighted by Gasteiger charge is -2.30. The summed E-state index contributed by atoms with van der Waals surface area (Å²) in [5, 5.41) is 17.7. The number of hydrogen-bond donors (Lipinski definition) is 3. The molecule has 0 atom stereocenters. The number of thiophene rings is 1. The minimum atomic E-state index is -0.225. The molecule has 0 fully saturated rings. The Morgan fingerprint density at radius 1 is 1.44 bits per heavy atom. The lowest BCUT2D eigenvalue weighted by atomic mass is 9.94. The summed E-state index contributed by atoms with van der Waals surface area (Å²) in [6.07, 6.45) is 1.75. The van der Waals surface area contributed by atoms with E-state index in [2.05, 4.69) is 24.5 Å². The van der Waals surface area contributed by atoms with Crippen molar-refractivity contribution in [2.24, 2.45) is 0 Å². The minimum absolute atomic E-state index is 0.0611. The SMILES string of the molecule is CCC(CC)(CO)NCc1sccc1NC(C)=O. The van der Waals surface area contributed by atoms with Crippen LogP contribution in [0, 0.1) is 0 Å². The van der Waals surface area contributed by atoms with Crippen LogP contribution in [0.4, 0.5) is 5.69 Å². The highest BCUT2D eigenvalue weighted by Crippen LogP contribution is 2.24. The normalized spacial score (nSPS) is 11.6. The number of anilines is 1. The molecule has 1 heterocycles. The van der Waals surface area contributed by atoms with Gasteiger partial charge in [-0.05, 0) is 24.3 Å². The second-order valence-electron chi connectivity index (χ2n) is 4.44. The van der Waals surface area contributed by atoms with E-state index in [1.54, 1.807) is 11.3 Å². The first kappa shape index (κ1) is 15.1. The average molecular weight is 270 g/mol. The summed E-state index contributed by atoms with van der Waals surface area (Å²) >= 11 is 1.60. The standard InChI is InChI=1S/C13H22N2O2S/c1-4-13(5-2,9-16)14-8-12-11(6-7-18-12)15-10(3)17/h6-7,14,16H,4-5,8-9H2,1-3H3,(H,15,17). The molecular weight excluding hydrogens is 248 g/mol. The highest BCUT2D eigenvalue weighted by molar-refractivity contribution is 7.10. The van der Waals surface area contributed by atoms with E-state index >= 15 is 0 Å². The first-order valence-corrected chi connectivity index (χ1v) is 7.14. The van der Waals surface area contributed by atoms with Crippen LogP contribution in [0.5, 0.6) is 0 Å². The summed E-state index contributed by atoms with van der Waals surface area (Å²) in [5.41, 5.74) is 0.636. The summed E-state index contributed by atoms with van der Waals surface area (Å²) in [4.78, 5) is 12.2. The van der Waals surface area contributed by atoms with Gasteiger partial charge in [0, 0.05) is 23.9 Å². The van der Waals surface area contributed by atoms with Gasteiger partial charge in [0.1, 0.15) is 0 Å². The summed E-state index contributed by atoms with van der Waals surface area (Å²) in [7, 11) is 0. The van der Waals surface area contributed by atoms with Crippen molar-refractivity contribution in [2.45, 2.75) is 45.7 Å². The Morgan fingerprint density at radius 3 is 2.61 bits per heavy atom. The molecule has 18 heavy (non-hydrogen) atoms. The molecule has 0 aliphatic carbocycles. The van der Waals surface area contributed by atoms with Crippen LogP contribution in [0.2, 0.25) is 0 Å². The van der Waals surface area contributed by atoms with Crippen LogP contribution in [0.15, 0.2) is 11.4 Å². The Bertz CT molecular complexity index is 378. The van der Waals surface area contributed by atoms with Gasteiger partial charge in [-0.25, -0.2) is 0 Å². The van der Waals surface area contributed by atoms with Crippen LogP contribution >= 0.6 is 11.3 Å². The Kier molecular flexibility index (Phi) is 5.78. The third-order valence-electron chi connectivity index (χ3n) is 3.34. The molecule has 3 N–H and O–H groups in total. The molecule has 0 unspecified atom stereocenters. The van der Waals surface area contributed by atoms with Crippen molar-refractivity contribution in [3.63, 3.8) is 0 Å². The van der Waals surface area contributed by atoms with Gasteiger partial charge in [0.05, 0.1) is 12.3 Å². The monoisotopic (exact) mass is 270 g/mol. The fourth-order valence-corrected chi connectivity index (χ4v) is 2.60. The molecule has 0 aromatic carbocycles. The van der Waals surface area contributed by atoms with Crippen LogP contribution in [-0.2, 0) is 11.3 Å². The lowest BCUT2D eigenvalue weighted by Crippen LogP contribution is -2.46. The first-order valence-electron chi connectivity index (χ1n) is 6.26. The van der Waals surface area contributed by atoms with Gasteiger partial charge < -0.3 is 15.7 Å². The van der Waals surface area contributed by atoms with Gasteiger partial charge in [0.2, 0.25) is 5.91 Å². The van der Waals surface area contributed by atoms with Crippen LogP contribution in [-0.4, -0.2) is 23.2 Å². The van der Waals surface area contributed by atoms with Crippen molar-refractivity contribution >= 4 is 22.9 Å². The lowest BCUT2D eigenvalue weighted by molar-refractivity contribution is -0.114. The van der Waals surface area contributed by atoms with Crippen molar-refractivity contribution in [2.75, 3.05) is 11.9 Å². The average Bonchev–Trinajstić information content (AvgIpc) is 2.78. The Morgan fingerprint density at radius 2 is 2.11 bits per heavy atom. The van der Waals surface area contributed by atoms with Gasteiger partial charge in [-0.2, -0.15) is 0 Å². The van der Waals surface area contributed by atoms with Crippen molar-refractivity contribution in [3.05, 3.63) is 16.3 Å². The van der Waals surface area contributed by atoms with E-state index in [0.29, 0.717) is 6.54 Å². The van der Waals surface area contributed by atoms with E-state index in [0.717, 1.165) is 23.4 Å². The predicted octanol–water partition coefficient (Wildman–Crippen LogP) is 2.35. The van der Waals surface area contributed by atoms with Crippen LogP contribution < -0.4 is 10.6 Å². The minimum Gasteiger partial charge on any atom is -0.394 e. The molecule has 0 saturated heterocycles. The van der Waals surface area contributed by atoms with Gasteiger partial charge >= 0.3 is 0 Å². The Hall–Kier alpha value is -0.910. The Balaban J connectivity index is 2.68. The third kappa shape index (κ3) is 3.80. The van der Waals surface area contributed by atoms with E-state index in [9.17, 15) is 9.90 Å². The second-order valence-corrected chi connectivity index (χ2v) is 5.44. The summed E-state index contributed by atoms with van der Waals surface area (Å²) in [6.45, 7) is 6.42. The fraction of sp³-hybridized carbons (Fsp3) is 0.615. The number of amides is 1. The van der Waals surface area contributed by atoms with Crippen molar-refractivity contribution < 1.29 is 9.90 Å². The quantitative estimate of drug-likeness (QED) is 0.712. The zero-order chi connectivity index (χ0) is 13.6. The zero-order valence-corrected chi connectivity index (χ0v) is 12.1. The highest BCUT2D eigenvalue weighted by atomic mass is 32.1. The molecule has 0 radical (unpaired) electrons. The first-order chi connectivity index (χ1) is 8.56. The topological polar surface area (TPSA) is 61.4 Å². The predicted molar refractivity (Wildman–Crippen MR) is 75.9 cm³/mol. The molecule has 0 bridgehead atoms. The summed E-state index contributed by atoms with van der Waals surface area (Å²) < 4.78 is 0. The largest absolute Gasteiger partial charge is 0.394 e. The van der Waals surface area contributed by atoms with E-state index < -0.39 is 0 Å². The molecule has 5 heteroatoms. The number of aliphatic hydroxyl groups excluding tert-OH is 1. The van der Waals surface area contributed by atoms with Crippen molar-refractivity contribution in [1.82, 2.24) is 5.32 Å². The van der Waals surface area contributed by atoms with Crippen molar-refractivity contribution in [3.8, 4) is 0 Å². The summed E-state index contributed by atoms with van der Waals surface area (Å²) in [6, 6.07) is 1.90. The second kappa shape index (κ2) is 6.87. The Labute approximate surface area is 112 Å². The molecule has 0 saturated carbocycles. The molecule has 1 aromatic heterocycles. The maximum absolute atomic E-state index is 11.1. The van der Waals surface area contributed by atoms with Gasteiger partial charge in [-0.15, -0.1) is 11.3 Å². The van der Waals surface area contributed by atoms with E-state index in [-0.39, 0.29) is 18.1 Å². The van der Waals surface area contributed by atoms with Crippen LogP contribution in [0.1, 0.15) is 38.5 Å². The van der Waals surface area contributed by atoms with E-state index in [1.807, 2.05) is 11.4 Å². The molecule has 1 rings (SSSR count). The van der Waals surface area contributed by atoms with Crippen LogP contribution in [0.25, 0.3) is 0 Å². The maximum atomic E-state index is 11.1. The third-order valence-corrected chi connectivity index (χ3v) is 4.26. The molecular formula is C13H22N2O2S. The molecule has 0 aliphatic rings. The van der Waals surface area contributed by atoms with Crippen LogP contribution in [0.3, 0.4) is 0 Å². The van der Waals surface area contributed by atoms with Gasteiger partial charge in [-0.1, -0.05) is 13.8 Å². The molecule has 102 valence electrons. The molecule has 1 amide bonds. The van der Waals surface area contributed by atoms with Gasteiger partial charge in [-0.3, -0.25) is 4.79 Å². The summed E-state index contributed by atoms with van der Waals surface area (Å²) in [5.74, 6) is -0.0611. The highest BCUT2D eigenvalue weighted by Gasteiger charge is 2.24. The molecule has 1 aromatic rings. The van der Waals surface area contributed by atoms with Gasteiger partial charge in [0.15, 0.2) is 0 Å². The van der Waals surface area contributed by atoms with Gasteiger partial charge in [0.25, 0.3) is 0 Å². The zero-order valence-electron chi connectivity index (χ0n) is 11.2. The maximum Gasteiger partial charge on any atom is 0.221 e. The number of hydrogen-bond acceptors (Lipinski definition) is 4. The molecule has 0 aliphatic heterocycles. The van der Waals surface area contributed by atoms with E-state index in [4.69, 9.17) is 0 Å². The smallest absolute Gasteiger partial charge is 0.221 e. The number of rotatable bonds is 7. The molecule has 0 spiro atoms. The van der Waals surface area contributed by atoms with Crippen molar-refractivity contribution in [1.29, 1.82) is 0 Å². The number of carbonyl (C=O) groups is 1. The number of aliphatic hydroxyl groups is 1.